The van der Waals surface area contributed by atoms with Gasteiger partial charge in [-0.05, 0) is 39.7 Å². The monoisotopic (exact) mass is 338 g/mol. The lowest BCUT2D eigenvalue weighted by Crippen LogP contribution is -2.27. The SMILES string of the molecule is N[C@@H](C(=O)Nc1ccc(Cl)c(Br)c1)c1ccccc1. The Labute approximate surface area is 124 Å². The lowest BCUT2D eigenvalue weighted by molar-refractivity contribution is -0.117. The Hall–Kier alpha value is -1.36. The number of nitrogens with two attached hydrogens (primary N) is 1. The Morgan fingerprint density at radius 3 is 2.53 bits per heavy atom. The van der Waals surface area contributed by atoms with Crippen LogP contribution in [0, 0.1) is 0 Å². The summed E-state index contributed by atoms with van der Waals surface area (Å²) in [5.41, 5.74) is 7.32. The molecule has 98 valence electrons. The number of carbonyl (C=O) groups excluding carboxylic acids is 1. The molecule has 0 heterocycles. The van der Waals surface area contributed by atoms with Crippen LogP contribution < -0.4 is 11.1 Å². The molecule has 0 unspecified atom stereocenters. The molecule has 2 rings (SSSR count). The van der Waals surface area contributed by atoms with Crippen molar-refractivity contribution in [3.63, 3.8) is 0 Å². The van der Waals surface area contributed by atoms with Gasteiger partial charge in [0.05, 0.1) is 5.02 Å². The molecule has 0 saturated carbocycles. The third-order valence-corrected chi connectivity index (χ3v) is 3.84. The Morgan fingerprint density at radius 2 is 1.89 bits per heavy atom. The van der Waals surface area contributed by atoms with Gasteiger partial charge in [-0.3, -0.25) is 4.79 Å². The lowest BCUT2D eigenvalue weighted by atomic mass is 10.1. The molecule has 1 amide bonds. The number of hydrogen-bond donors (Lipinski definition) is 2. The second-order valence-electron chi connectivity index (χ2n) is 4.01. The van der Waals surface area contributed by atoms with E-state index in [1.807, 2.05) is 30.3 Å². The average Bonchev–Trinajstić information content (AvgIpc) is 2.43. The first-order chi connectivity index (χ1) is 9.08. The zero-order valence-electron chi connectivity index (χ0n) is 9.94. The highest BCUT2D eigenvalue weighted by molar-refractivity contribution is 9.10. The van der Waals surface area contributed by atoms with Gasteiger partial charge < -0.3 is 11.1 Å². The van der Waals surface area contributed by atoms with Crippen molar-refractivity contribution in [1.29, 1.82) is 0 Å². The minimum Gasteiger partial charge on any atom is -0.324 e. The number of anilines is 1. The fourth-order valence-corrected chi connectivity index (χ4v) is 2.10. The maximum Gasteiger partial charge on any atom is 0.245 e. The maximum atomic E-state index is 12.0. The highest BCUT2D eigenvalue weighted by Gasteiger charge is 2.15. The maximum absolute atomic E-state index is 12.0. The molecule has 0 saturated heterocycles. The van der Waals surface area contributed by atoms with E-state index >= 15 is 0 Å². The van der Waals surface area contributed by atoms with Crippen molar-refractivity contribution in [2.24, 2.45) is 5.73 Å². The molecule has 0 aliphatic rings. The highest BCUT2D eigenvalue weighted by atomic mass is 79.9. The smallest absolute Gasteiger partial charge is 0.245 e. The number of amides is 1. The standard InChI is InChI=1S/C14H12BrClN2O/c15-11-8-10(6-7-12(11)16)18-14(19)13(17)9-4-2-1-3-5-9/h1-8,13H,17H2,(H,18,19)/t13-/m1/s1. The van der Waals surface area contributed by atoms with Gasteiger partial charge in [0.25, 0.3) is 0 Å². The summed E-state index contributed by atoms with van der Waals surface area (Å²) in [7, 11) is 0. The van der Waals surface area contributed by atoms with E-state index in [0.717, 1.165) is 10.0 Å². The molecule has 1 atom stereocenters. The van der Waals surface area contributed by atoms with Crippen LogP contribution in [0.3, 0.4) is 0 Å². The number of carbonyl (C=O) groups is 1. The molecule has 0 aliphatic carbocycles. The molecule has 0 fully saturated rings. The first-order valence-corrected chi connectivity index (χ1v) is 6.81. The van der Waals surface area contributed by atoms with E-state index in [-0.39, 0.29) is 5.91 Å². The molecule has 0 aromatic heterocycles. The van der Waals surface area contributed by atoms with Gasteiger partial charge in [-0.2, -0.15) is 0 Å². The van der Waals surface area contributed by atoms with Gasteiger partial charge >= 0.3 is 0 Å². The van der Waals surface area contributed by atoms with Gasteiger partial charge in [0.15, 0.2) is 0 Å². The van der Waals surface area contributed by atoms with E-state index in [1.54, 1.807) is 18.2 Å². The van der Waals surface area contributed by atoms with Crippen molar-refractivity contribution >= 4 is 39.1 Å². The van der Waals surface area contributed by atoms with Gasteiger partial charge in [-0.25, -0.2) is 0 Å². The second kappa shape index (κ2) is 6.19. The van der Waals surface area contributed by atoms with Gasteiger partial charge in [0.1, 0.15) is 6.04 Å². The minimum absolute atomic E-state index is 0.263. The van der Waals surface area contributed by atoms with Crippen LogP contribution in [0.5, 0.6) is 0 Å². The van der Waals surface area contributed by atoms with E-state index in [2.05, 4.69) is 21.2 Å². The number of hydrogen-bond acceptors (Lipinski definition) is 2. The number of rotatable bonds is 3. The summed E-state index contributed by atoms with van der Waals surface area (Å²) in [4.78, 5) is 12.0. The van der Waals surface area contributed by atoms with Crippen molar-refractivity contribution in [2.45, 2.75) is 6.04 Å². The molecule has 2 aromatic rings. The van der Waals surface area contributed by atoms with E-state index in [4.69, 9.17) is 17.3 Å². The zero-order chi connectivity index (χ0) is 13.8. The zero-order valence-corrected chi connectivity index (χ0v) is 12.3. The van der Waals surface area contributed by atoms with Crippen molar-refractivity contribution in [2.75, 3.05) is 5.32 Å². The second-order valence-corrected chi connectivity index (χ2v) is 5.27. The lowest BCUT2D eigenvalue weighted by Gasteiger charge is -2.13. The van der Waals surface area contributed by atoms with Crippen LogP contribution in [-0.4, -0.2) is 5.91 Å². The largest absolute Gasteiger partial charge is 0.324 e. The first-order valence-electron chi connectivity index (χ1n) is 5.64. The molecule has 2 aromatic carbocycles. The van der Waals surface area contributed by atoms with Crippen LogP contribution in [0.4, 0.5) is 5.69 Å². The summed E-state index contributed by atoms with van der Waals surface area (Å²) in [6.07, 6.45) is 0. The summed E-state index contributed by atoms with van der Waals surface area (Å²) in [6, 6.07) is 13.7. The van der Waals surface area contributed by atoms with Crippen LogP contribution in [0.15, 0.2) is 53.0 Å². The minimum atomic E-state index is -0.698. The molecular weight excluding hydrogens is 328 g/mol. The number of halogens is 2. The normalized spacial score (nSPS) is 11.9. The van der Waals surface area contributed by atoms with Gasteiger partial charge in [0.2, 0.25) is 5.91 Å². The van der Waals surface area contributed by atoms with Gasteiger partial charge in [-0.1, -0.05) is 41.9 Å². The third-order valence-electron chi connectivity index (χ3n) is 2.63. The Morgan fingerprint density at radius 1 is 1.21 bits per heavy atom. The molecule has 19 heavy (non-hydrogen) atoms. The van der Waals surface area contributed by atoms with Crippen molar-refractivity contribution in [3.05, 3.63) is 63.6 Å². The Kier molecular flexibility index (Phi) is 4.58. The fraction of sp³-hybridized carbons (Fsp3) is 0.0714. The van der Waals surface area contributed by atoms with E-state index in [1.165, 1.54) is 0 Å². The molecule has 3 nitrogen and oxygen atoms in total. The molecule has 0 radical (unpaired) electrons. The van der Waals surface area contributed by atoms with Crippen molar-refractivity contribution in [3.8, 4) is 0 Å². The van der Waals surface area contributed by atoms with E-state index in [0.29, 0.717) is 10.7 Å². The van der Waals surface area contributed by atoms with Crippen LogP contribution in [-0.2, 0) is 4.79 Å². The molecule has 0 spiro atoms. The molecule has 5 heteroatoms. The van der Waals surface area contributed by atoms with Crippen molar-refractivity contribution < 1.29 is 4.79 Å². The summed E-state index contributed by atoms with van der Waals surface area (Å²) in [6.45, 7) is 0. The Balaban J connectivity index is 2.10. The molecular formula is C14H12BrClN2O. The summed E-state index contributed by atoms with van der Waals surface area (Å²) >= 11 is 9.19. The quantitative estimate of drug-likeness (QED) is 0.895. The van der Waals surface area contributed by atoms with Gasteiger partial charge in [0, 0.05) is 10.2 Å². The van der Waals surface area contributed by atoms with Crippen LogP contribution in [0.1, 0.15) is 11.6 Å². The predicted molar refractivity (Wildman–Crippen MR) is 81.2 cm³/mol. The number of nitrogens with one attached hydrogen (secondary N) is 1. The van der Waals surface area contributed by atoms with Crippen molar-refractivity contribution in [1.82, 2.24) is 0 Å². The van der Waals surface area contributed by atoms with E-state index < -0.39 is 6.04 Å². The first kappa shape index (κ1) is 14.1. The third kappa shape index (κ3) is 3.56. The summed E-state index contributed by atoms with van der Waals surface area (Å²) < 4.78 is 0.722. The predicted octanol–water partition coefficient (Wildman–Crippen LogP) is 3.74. The van der Waals surface area contributed by atoms with Crippen LogP contribution in [0.2, 0.25) is 5.02 Å². The molecule has 0 aliphatic heterocycles. The number of benzene rings is 2. The highest BCUT2D eigenvalue weighted by Crippen LogP contribution is 2.26. The van der Waals surface area contributed by atoms with E-state index in [9.17, 15) is 4.79 Å². The molecule has 0 bridgehead atoms. The topological polar surface area (TPSA) is 55.1 Å². The molecule has 3 N–H and O–H groups in total. The fourth-order valence-electron chi connectivity index (χ4n) is 1.61. The Bertz CT molecular complexity index is 589. The average molecular weight is 340 g/mol. The van der Waals surface area contributed by atoms with Crippen LogP contribution >= 0.6 is 27.5 Å². The summed E-state index contributed by atoms with van der Waals surface area (Å²) in [5, 5.41) is 3.34. The summed E-state index contributed by atoms with van der Waals surface area (Å²) in [5.74, 6) is -0.263. The van der Waals surface area contributed by atoms with Crippen LogP contribution in [0.25, 0.3) is 0 Å². The van der Waals surface area contributed by atoms with Gasteiger partial charge in [-0.15, -0.1) is 0 Å².